The summed E-state index contributed by atoms with van der Waals surface area (Å²) in [6.07, 6.45) is 3.00. The predicted octanol–water partition coefficient (Wildman–Crippen LogP) is 2.09. The first-order valence-corrected chi connectivity index (χ1v) is 8.56. The van der Waals surface area contributed by atoms with Crippen molar-refractivity contribution in [2.75, 3.05) is 6.54 Å². The lowest BCUT2D eigenvalue weighted by Crippen LogP contribution is -2.48. The van der Waals surface area contributed by atoms with Crippen molar-refractivity contribution in [2.45, 2.75) is 43.2 Å². The highest BCUT2D eigenvalue weighted by Gasteiger charge is 2.43. The molecule has 1 aliphatic rings. The van der Waals surface area contributed by atoms with E-state index in [1.165, 1.54) is 4.31 Å². The van der Waals surface area contributed by atoms with Crippen LogP contribution in [0.4, 0.5) is 0 Å². The molecule has 1 fully saturated rings. The second-order valence-corrected chi connectivity index (χ2v) is 7.98. The van der Waals surface area contributed by atoms with Crippen molar-refractivity contribution < 1.29 is 13.5 Å². The van der Waals surface area contributed by atoms with Crippen LogP contribution in [0.15, 0.2) is 35.4 Å². The van der Waals surface area contributed by atoms with Gasteiger partial charge in [0.05, 0.1) is 11.6 Å². The Morgan fingerprint density at radius 3 is 2.76 bits per heavy atom. The van der Waals surface area contributed by atoms with E-state index in [-0.39, 0.29) is 10.9 Å². The number of hydrogen-bond acceptors (Lipinski definition) is 3. The van der Waals surface area contributed by atoms with Crippen LogP contribution in [0.5, 0.6) is 0 Å². The Morgan fingerprint density at radius 1 is 1.33 bits per heavy atom. The van der Waals surface area contributed by atoms with E-state index in [9.17, 15) is 13.5 Å². The SMILES string of the molecule is CC(C)(O)C1CCCN1S(=O)(=O)c1c[nH]c2ccccc12. The zero-order chi connectivity index (χ0) is 15.3. The summed E-state index contributed by atoms with van der Waals surface area (Å²) >= 11 is 0. The molecule has 0 saturated carbocycles. The van der Waals surface area contributed by atoms with Gasteiger partial charge < -0.3 is 10.1 Å². The molecule has 1 aromatic heterocycles. The van der Waals surface area contributed by atoms with Gasteiger partial charge >= 0.3 is 0 Å². The summed E-state index contributed by atoms with van der Waals surface area (Å²) in [6.45, 7) is 3.79. The quantitative estimate of drug-likeness (QED) is 0.912. The van der Waals surface area contributed by atoms with E-state index in [1.54, 1.807) is 26.1 Å². The lowest BCUT2D eigenvalue weighted by molar-refractivity contribution is 0.0215. The fraction of sp³-hybridized carbons (Fsp3) is 0.467. The molecule has 0 bridgehead atoms. The number of sulfonamides is 1. The van der Waals surface area contributed by atoms with Crippen molar-refractivity contribution in [3.05, 3.63) is 30.5 Å². The second kappa shape index (κ2) is 4.83. The summed E-state index contributed by atoms with van der Waals surface area (Å²) in [5.74, 6) is 0. The maximum absolute atomic E-state index is 13.0. The first-order chi connectivity index (χ1) is 9.82. The average Bonchev–Trinajstić information content (AvgIpc) is 3.05. The van der Waals surface area contributed by atoms with Gasteiger partial charge in [-0.05, 0) is 32.8 Å². The van der Waals surface area contributed by atoms with Gasteiger partial charge in [-0.25, -0.2) is 8.42 Å². The third-order valence-corrected chi connectivity index (χ3v) is 6.11. The Morgan fingerprint density at radius 2 is 2.05 bits per heavy atom. The van der Waals surface area contributed by atoms with E-state index in [4.69, 9.17) is 0 Å². The van der Waals surface area contributed by atoms with Gasteiger partial charge in [0.15, 0.2) is 0 Å². The zero-order valence-electron chi connectivity index (χ0n) is 12.2. The normalized spacial score (nSPS) is 21.2. The molecule has 1 aromatic carbocycles. The number of rotatable bonds is 3. The molecule has 114 valence electrons. The van der Waals surface area contributed by atoms with Crippen LogP contribution in [-0.2, 0) is 10.0 Å². The zero-order valence-corrected chi connectivity index (χ0v) is 13.0. The Bertz CT molecular complexity index is 759. The van der Waals surface area contributed by atoms with Gasteiger partial charge in [0.25, 0.3) is 0 Å². The fourth-order valence-electron chi connectivity index (χ4n) is 3.12. The molecule has 0 spiro atoms. The first kappa shape index (κ1) is 14.6. The third kappa shape index (κ3) is 2.37. The number of aromatic amines is 1. The fourth-order valence-corrected chi connectivity index (χ4v) is 5.10. The number of aliphatic hydroxyl groups is 1. The number of hydrogen-bond donors (Lipinski definition) is 2. The van der Waals surface area contributed by atoms with Crippen molar-refractivity contribution in [2.24, 2.45) is 0 Å². The van der Waals surface area contributed by atoms with Crippen molar-refractivity contribution in [1.82, 2.24) is 9.29 Å². The van der Waals surface area contributed by atoms with E-state index in [0.29, 0.717) is 18.4 Å². The van der Waals surface area contributed by atoms with Gasteiger partial charge in [-0.2, -0.15) is 4.31 Å². The van der Waals surface area contributed by atoms with Crippen molar-refractivity contribution in [1.29, 1.82) is 0 Å². The number of nitrogens with zero attached hydrogens (tertiary/aromatic N) is 1. The molecule has 1 atom stereocenters. The molecule has 2 aromatic rings. The van der Waals surface area contributed by atoms with Crippen LogP contribution >= 0.6 is 0 Å². The molecule has 3 rings (SSSR count). The number of benzene rings is 1. The largest absolute Gasteiger partial charge is 0.389 e. The molecule has 1 unspecified atom stereocenters. The Kier molecular flexibility index (Phi) is 3.35. The van der Waals surface area contributed by atoms with Gasteiger partial charge in [0.1, 0.15) is 4.90 Å². The second-order valence-electron chi connectivity index (χ2n) is 6.13. The minimum absolute atomic E-state index is 0.286. The van der Waals surface area contributed by atoms with E-state index in [0.717, 1.165) is 11.9 Å². The summed E-state index contributed by atoms with van der Waals surface area (Å²) in [4.78, 5) is 3.29. The molecule has 5 nitrogen and oxygen atoms in total. The van der Waals surface area contributed by atoms with Gasteiger partial charge in [-0.3, -0.25) is 0 Å². The summed E-state index contributed by atoms with van der Waals surface area (Å²) in [5.41, 5.74) is -0.245. The summed E-state index contributed by atoms with van der Waals surface area (Å²) in [5, 5.41) is 10.9. The van der Waals surface area contributed by atoms with Crippen molar-refractivity contribution in [3.8, 4) is 0 Å². The van der Waals surface area contributed by atoms with Gasteiger partial charge in [0.2, 0.25) is 10.0 Å². The molecule has 21 heavy (non-hydrogen) atoms. The summed E-state index contributed by atoms with van der Waals surface area (Å²) in [7, 11) is -3.61. The van der Waals surface area contributed by atoms with Crippen molar-refractivity contribution in [3.63, 3.8) is 0 Å². The van der Waals surface area contributed by atoms with E-state index in [1.807, 2.05) is 18.2 Å². The topological polar surface area (TPSA) is 73.4 Å². The van der Waals surface area contributed by atoms with Crippen LogP contribution in [0.1, 0.15) is 26.7 Å². The smallest absolute Gasteiger partial charge is 0.245 e. The summed E-state index contributed by atoms with van der Waals surface area (Å²) in [6, 6.07) is 6.97. The standard InChI is InChI=1S/C15H20N2O3S/c1-15(2,18)14-8-5-9-17(14)21(19,20)13-10-16-12-7-4-3-6-11(12)13/h3-4,6-7,10,14,16,18H,5,8-9H2,1-2H3. The Balaban J connectivity index is 2.08. The van der Waals surface area contributed by atoms with Crippen molar-refractivity contribution >= 4 is 20.9 Å². The number of para-hydroxylation sites is 1. The molecule has 0 amide bonds. The van der Waals surface area contributed by atoms with Crippen LogP contribution in [0, 0.1) is 0 Å². The molecular formula is C15H20N2O3S. The summed E-state index contributed by atoms with van der Waals surface area (Å²) < 4.78 is 27.4. The Hall–Kier alpha value is -1.37. The third-order valence-electron chi connectivity index (χ3n) is 4.16. The van der Waals surface area contributed by atoms with Gasteiger partial charge in [-0.15, -0.1) is 0 Å². The Labute approximate surface area is 124 Å². The van der Waals surface area contributed by atoms with Gasteiger partial charge in [-0.1, -0.05) is 18.2 Å². The molecule has 2 heterocycles. The van der Waals surface area contributed by atoms with Crippen LogP contribution in [0.2, 0.25) is 0 Å². The van der Waals surface area contributed by atoms with Crippen LogP contribution in [0.25, 0.3) is 10.9 Å². The van der Waals surface area contributed by atoms with Crippen LogP contribution < -0.4 is 0 Å². The molecule has 6 heteroatoms. The lowest BCUT2D eigenvalue weighted by atomic mass is 9.98. The molecule has 2 N–H and O–H groups in total. The molecule has 1 saturated heterocycles. The van der Waals surface area contributed by atoms with E-state index < -0.39 is 15.6 Å². The van der Waals surface area contributed by atoms with Crippen LogP contribution in [0.3, 0.4) is 0 Å². The highest BCUT2D eigenvalue weighted by atomic mass is 32.2. The molecular weight excluding hydrogens is 288 g/mol. The highest BCUT2D eigenvalue weighted by Crippen LogP contribution is 2.34. The monoisotopic (exact) mass is 308 g/mol. The predicted molar refractivity (Wildman–Crippen MR) is 81.5 cm³/mol. The molecule has 1 aliphatic heterocycles. The maximum Gasteiger partial charge on any atom is 0.245 e. The van der Waals surface area contributed by atoms with Crippen LogP contribution in [-0.4, -0.2) is 41.0 Å². The molecule has 0 radical (unpaired) electrons. The van der Waals surface area contributed by atoms with E-state index >= 15 is 0 Å². The number of aromatic nitrogens is 1. The highest BCUT2D eigenvalue weighted by molar-refractivity contribution is 7.89. The lowest BCUT2D eigenvalue weighted by Gasteiger charge is -2.32. The molecule has 0 aliphatic carbocycles. The average molecular weight is 308 g/mol. The number of fused-ring (bicyclic) bond motifs is 1. The number of H-pyrrole nitrogens is 1. The first-order valence-electron chi connectivity index (χ1n) is 7.12. The number of nitrogens with one attached hydrogen (secondary N) is 1. The minimum Gasteiger partial charge on any atom is -0.389 e. The van der Waals surface area contributed by atoms with Gasteiger partial charge in [0, 0.05) is 23.6 Å². The maximum atomic E-state index is 13.0. The van der Waals surface area contributed by atoms with E-state index in [2.05, 4.69) is 4.98 Å². The minimum atomic E-state index is -3.61.